The van der Waals surface area contributed by atoms with Crippen molar-refractivity contribution in [3.05, 3.63) is 83.8 Å². The minimum absolute atomic E-state index is 1.08. The molecule has 0 spiro atoms. The van der Waals surface area contributed by atoms with E-state index in [4.69, 9.17) is 0 Å². The van der Waals surface area contributed by atoms with Gasteiger partial charge in [-0.3, -0.25) is 4.98 Å². The van der Waals surface area contributed by atoms with Crippen LogP contribution < -0.4 is 0 Å². The average Bonchev–Trinajstić information content (AvgIpc) is 2.90. The third kappa shape index (κ3) is 2.92. The third-order valence-electron chi connectivity index (χ3n) is 5.93. The number of likely N-dealkylation sites (N-methyl/N-ethyl adjacent to an activating group) is 1. The van der Waals surface area contributed by atoms with E-state index in [9.17, 15) is 0 Å². The van der Waals surface area contributed by atoms with Gasteiger partial charge in [-0.2, -0.15) is 0 Å². The van der Waals surface area contributed by atoms with Gasteiger partial charge in [-0.05, 0) is 73.5 Å². The Balaban J connectivity index is 1.74. The molecule has 0 unspecified atom stereocenters. The molecule has 1 aliphatic heterocycles. The number of pyridine rings is 1. The molecule has 28 heavy (non-hydrogen) atoms. The summed E-state index contributed by atoms with van der Waals surface area (Å²) in [7, 11) is 2.23. The highest BCUT2D eigenvalue weighted by atomic mass is 15.1. The highest BCUT2D eigenvalue weighted by Gasteiger charge is 2.21. The van der Waals surface area contributed by atoms with Crippen molar-refractivity contribution in [2.75, 3.05) is 20.1 Å². The lowest BCUT2D eigenvalue weighted by Crippen LogP contribution is -2.21. The summed E-state index contributed by atoms with van der Waals surface area (Å²) in [6.45, 7) is 4.42. The highest BCUT2D eigenvalue weighted by Crippen LogP contribution is 2.33. The van der Waals surface area contributed by atoms with Crippen LogP contribution in [0.15, 0.2) is 67.0 Å². The second-order valence-electron chi connectivity index (χ2n) is 7.87. The van der Waals surface area contributed by atoms with E-state index in [2.05, 4.69) is 83.0 Å². The molecule has 140 valence electrons. The number of nitrogens with zero attached hydrogens (tertiary/aromatic N) is 3. The fourth-order valence-corrected chi connectivity index (χ4v) is 4.44. The molecule has 5 rings (SSSR count). The molecule has 3 heterocycles. The Hall–Kier alpha value is -2.91. The fraction of sp³-hybridized carbons (Fsp3) is 0.240. The fourth-order valence-electron chi connectivity index (χ4n) is 4.44. The van der Waals surface area contributed by atoms with E-state index in [0.29, 0.717) is 0 Å². The monoisotopic (exact) mass is 367 g/mol. The van der Waals surface area contributed by atoms with Crippen molar-refractivity contribution < 1.29 is 0 Å². The summed E-state index contributed by atoms with van der Waals surface area (Å²) in [5.74, 6) is 0. The zero-order chi connectivity index (χ0) is 19.1. The summed E-state index contributed by atoms with van der Waals surface area (Å²) >= 11 is 0. The number of hydrogen-bond acceptors (Lipinski definition) is 2. The molecule has 0 amide bonds. The minimum atomic E-state index is 1.08. The van der Waals surface area contributed by atoms with Crippen LogP contribution in [0.5, 0.6) is 0 Å². The van der Waals surface area contributed by atoms with Crippen LogP contribution in [0.25, 0.3) is 27.7 Å². The molecule has 0 aliphatic carbocycles. The molecular formula is C25H25N3. The molecular weight excluding hydrogens is 342 g/mol. The highest BCUT2D eigenvalue weighted by molar-refractivity contribution is 5.88. The van der Waals surface area contributed by atoms with Crippen molar-refractivity contribution in [3.63, 3.8) is 0 Å². The molecule has 1 aliphatic rings. The van der Waals surface area contributed by atoms with Crippen LogP contribution in [0.2, 0.25) is 0 Å². The molecule has 2 aromatic heterocycles. The predicted octanol–water partition coefficient (Wildman–Crippen LogP) is 5.03. The maximum Gasteiger partial charge on any atom is 0.0534 e. The first-order valence-electron chi connectivity index (χ1n) is 10.0. The van der Waals surface area contributed by atoms with Gasteiger partial charge in [0.1, 0.15) is 0 Å². The zero-order valence-corrected chi connectivity index (χ0v) is 16.5. The SMILES string of the molecule is Cc1ccc2c(c1)c1c(n2-c2cccc(-c3ccncc3)c2)CCN(C)CC1. The van der Waals surface area contributed by atoms with Crippen molar-refractivity contribution in [2.45, 2.75) is 19.8 Å². The Bertz CT molecular complexity index is 1140. The average molecular weight is 367 g/mol. The molecule has 0 saturated heterocycles. The topological polar surface area (TPSA) is 21.1 Å². The van der Waals surface area contributed by atoms with Gasteiger partial charge in [-0.25, -0.2) is 0 Å². The van der Waals surface area contributed by atoms with Crippen molar-refractivity contribution >= 4 is 10.9 Å². The number of hydrogen-bond donors (Lipinski definition) is 0. The van der Waals surface area contributed by atoms with Gasteiger partial charge < -0.3 is 9.47 Å². The summed E-state index contributed by atoms with van der Waals surface area (Å²) in [5.41, 5.74) is 9.33. The summed E-state index contributed by atoms with van der Waals surface area (Å²) < 4.78 is 2.49. The number of fused-ring (bicyclic) bond motifs is 3. The molecule has 0 radical (unpaired) electrons. The smallest absolute Gasteiger partial charge is 0.0534 e. The van der Waals surface area contributed by atoms with Gasteiger partial charge in [0.25, 0.3) is 0 Å². The lowest BCUT2D eigenvalue weighted by Gasteiger charge is -2.15. The van der Waals surface area contributed by atoms with E-state index >= 15 is 0 Å². The van der Waals surface area contributed by atoms with Crippen LogP contribution in [0.1, 0.15) is 16.8 Å². The van der Waals surface area contributed by atoms with Crippen molar-refractivity contribution in [2.24, 2.45) is 0 Å². The Kier molecular flexibility index (Phi) is 4.25. The minimum Gasteiger partial charge on any atom is -0.313 e. The molecule has 3 nitrogen and oxygen atoms in total. The number of aryl methyl sites for hydroxylation is 1. The van der Waals surface area contributed by atoms with Gasteiger partial charge in [-0.15, -0.1) is 0 Å². The molecule has 2 aromatic carbocycles. The third-order valence-corrected chi connectivity index (χ3v) is 5.93. The molecule has 4 aromatic rings. The number of benzene rings is 2. The lowest BCUT2D eigenvalue weighted by molar-refractivity contribution is 0.351. The molecule has 0 N–H and O–H groups in total. The summed E-state index contributed by atoms with van der Waals surface area (Å²) in [5, 5.41) is 1.42. The van der Waals surface area contributed by atoms with E-state index in [-0.39, 0.29) is 0 Å². The molecule has 0 bridgehead atoms. The van der Waals surface area contributed by atoms with Crippen LogP contribution >= 0.6 is 0 Å². The van der Waals surface area contributed by atoms with Gasteiger partial charge >= 0.3 is 0 Å². The maximum atomic E-state index is 4.16. The second-order valence-corrected chi connectivity index (χ2v) is 7.87. The van der Waals surface area contributed by atoms with Gasteiger partial charge in [0, 0.05) is 48.7 Å². The predicted molar refractivity (Wildman–Crippen MR) is 116 cm³/mol. The first kappa shape index (κ1) is 17.2. The van der Waals surface area contributed by atoms with Crippen LogP contribution in [-0.2, 0) is 12.8 Å². The normalized spacial score (nSPS) is 14.8. The zero-order valence-electron chi connectivity index (χ0n) is 16.5. The second kappa shape index (κ2) is 6.92. The van der Waals surface area contributed by atoms with E-state index in [1.807, 2.05) is 12.4 Å². The van der Waals surface area contributed by atoms with E-state index < -0.39 is 0 Å². The summed E-state index contributed by atoms with van der Waals surface area (Å²) in [6.07, 6.45) is 5.91. The first-order valence-corrected chi connectivity index (χ1v) is 10.0. The van der Waals surface area contributed by atoms with Crippen molar-refractivity contribution in [3.8, 4) is 16.8 Å². The molecule has 3 heteroatoms. The molecule has 0 atom stereocenters. The number of aromatic nitrogens is 2. The Morgan fingerprint density at radius 3 is 2.54 bits per heavy atom. The molecule has 0 saturated carbocycles. The van der Waals surface area contributed by atoms with Crippen LogP contribution in [0.4, 0.5) is 0 Å². The van der Waals surface area contributed by atoms with E-state index in [0.717, 1.165) is 25.9 Å². The Labute approximate surface area is 166 Å². The van der Waals surface area contributed by atoms with Crippen LogP contribution in [0, 0.1) is 6.92 Å². The lowest BCUT2D eigenvalue weighted by atomic mass is 10.1. The largest absolute Gasteiger partial charge is 0.313 e. The van der Waals surface area contributed by atoms with Gasteiger partial charge in [0.15, 0.2) is 0 Å². The van der Waals surface area contributed by atoms with E-state index in [1.54, 1.807) is 0 Å². The van der Waals surface area contributed by atoms with Gasteiger partial charge in [0.05, 0.1) is 5.52 Å². The summed E-state index contributed by atoms with van der Waals surface area (Å²) in [4.78, 5) is 6.60. The quantitative estimate of drug-likeness (QED) is 0.495. The maximum absolute atomic E-state index is 4.16. The van der Waals surface area contributed by atoms with Crippen molar-refractivity contribution in [1.82, 2.24) is 14.5 Å². The standard InChI is InChI=1S/C25H25N3/c1-18-6-7-24-23(16-18)22-10-14-27(2)15-11-25(22)28(24)21-5-3-4-20(17-21)19-8-12-26-13-9-19/h3-9,12-13,16-17H,10-11,14-15H2,1-2H3. The van der Waals surface area contributed by atoms with Crippen LogP contribution in [-0.4, -0.2) is 34.6 Å². The first-order chi connectivity index (χ1) is 13.7. The van der Waals surface area contributed by atoms with Gasteiger partial charge in [0.2, 0.25) is 0 Å². The summed E-state index contributed by atoms with van der Waals surface area (Å²) in [6, 6.07) is 19.9. The van der Waals surface area contributed by atoms with E-state index in [1.165, 1.54) is 44.5 Å². The number of rotatable bonds is 2. The molecule has 0 fully saturated rings. The van der Waals surface area contributed by atoms with Crippen molar-refractivity contribution in [1.29, 1.82) is 0 Å². The van der Waals surface area contributed by atoms with Gasteiger partial charge in [-0.1, -0.05) is 23.8 Å². The Morgan fingerprint density at radius 2 is 1.68 bits per heavy atom. The Morgan fingerprint density at radius 1 is 0.857 bits per heavy atom. The van der Waals surface area contributed by atoms with Crippen LogP contribution in [0.3, 0.4) is 0 Å².